The van der Waals surface area contributed by atoms with Gasteiger partial charge < -0.3 is 18.9 Å². The monoisotopic (exact) mass is 438 g/mol. The molecule has 2 atom stereocenters. The predicted octanol–water partition coefficient (Wildman–Crippen LogP) is 5.97. The van der Waals surface area contributed by atoms with Crippen LogP contribution in [-0.2, 0) is 16.1 Å². The highest BCUT2D eigenvalue weighted by molar-refractivity contribution is 5.70. The highest BCUT2D eigenvalue weighted by Gasteiger charge is 2.45. The lowest BCUT2D eigenvalue weighted by molar-refractivity contribution is -0.0398. The van der Waals surface area contributed by atoms with Crippen molar-refractivity contribution in [2.45, 2.75) is 103 Å². The number of rotatable bonds is 5. The molecule has 2 aliphatic heterocycles. The molecule has 2 unspecified atom stereocenters. The molecule has 0 radical (unpaired) electrons. The summed E-state index contributed by atoms with van der Waals surface area (Å²) in [6.45, 7) is 8.38. The van der Waals surface area contributed by atoms with Crippen LogP contribution in [0.4, 0.5) is 4.79 Å². The number of hydrogen-bond donors (Lipinski definition) is 0. The smallest absolute Gasteiger partial charge is 0.410 e. The van der Waals surface area contributed by atoms with E-state index in [1.807, 2.05) is 37.8 Å². The largest absolute Gasteiger partial charge is 0.444 e. The normalized spacial score (nSPS) is 25.2. The van der Waals surface area contributed by atoms with Gasteiger partial charge in [0.15, 0.2) is 0 Å². The van der Waals surface area contributed by atoms with Crippen molar-refractivity contribution in [2.75, 3.05) is 0 Å². The zero-order chi connectivity index (χ0) is 22.5. The standard InChI is InChI=1S/C26H34N2O4/c1-16-7-5-6-8-21(16)23-22(24(32-27-23)17-9-10-17)15-30-20-13-18-11-12-19(14-20)28(18)25(29)31-26(2,3)4/h5-8,17-20H,9-15H2,1-4H3. The van der Waals surface area contributed by atoms with Crippen LogP contribution in [0.3, 0.4) is 0 Å². The van der Waals surface area contributed by atoms with Crippen LogP contribution in [0.5, 0.6) is 0 Å². The first-order valence-electron chi connectivity index (χ1n) is 12.0. The molecule has 0 spiro atoms. The van der Waals surface area contributed by atoms with E-state index in [1.165, 1.54) is 5.56 Å². The minimum Gasteiger partial charge on any atom is -0.444 e. The molecular weight excluding hydrogens is 404 g/mol. The van der Waals surface area contributed by atoms with E-state index >= 15 is 0 Å². The Bertz CT molecular complexity index is 974. The molecule has 2 bridgehead atoms. The van der Waals surface area contributed by atoms with E-state index < -0.39 is 5.60 Å². The molecule has 172 valence electrons. The predicted molar refractivity (Wildman–Crippen MR) is 121 cm³/mol. The highest BCUT2D eigenvalue weighted by Crippen LogP contribution is 2.45. The number of aryl methyl sites for hydroxylation is 1. The zero-order valence-corrected chi connectivity index (χ0v) is 19.6. The van der Waals surface area contributed by atoms with Gasteiger partial charge in [0.2, 0.25) is 0 Å². The maximum Gasteiger partial charge on any atom is 0.410 e. The quantitative estimate of drug-likeness (QED) is 0.575. The molecule has 6 nitrogen and oxygen atoms in total. The van der Waals surface area contributed by atoms with Crippen LogP contribution in [0.25, 0.3) is 11.3 Å². The Hall–Kier alpha value is -2.34. The number of ether oxygens (including phenoxy) is 2. The second-order valence-electron chi connectivity index (χ2n) is 10.6. The molecule has 1 aliphatic carbocycles. The van der Waals surface area contributed by atoms with E-state index in [0.717, 1.165) is 61.1 Å². The van der Waals surface area contributed by atoms with Crippen molar-refractivity contribution in [1.29, 1.82) is 0 Å². The summed E-state index contributed by atoms with van der Waals surface area (Å²) in [6.07, 6.45) is 6.05. The van der Waals surface area contributed by atoms with Crippen LogP contribution in [0.1, 0.15) is 82.1 Å². The molecule has 1 aromatic heterocycles. The van der Waals surface area contributed by atoms with Gasteiger partial charge in [-0.05, 0) is 71.8 Å². The topological polar surface area (TPSA) is 64.8 Å². The van der Waals surface area contributed by atoms with Crippen molar-refractivity contribution >= 4 is 6.09 Å². The number of hydrogen-bond acceptors (Lipinski definition) is 5. The van der Waals surface area contributed by atoms with Gasteiger partial charge in [-0.15, -0.1) is 0 Å². The maximum absolute atomic E-state index is 12.7. The van der Waals surface area contributed by atoms with Gasteiger partial charge in [0.1, 0.15) is 17.1 Å². The Morgan fingerprint density at radius 1 is 1.12 bits per heavy atom. The van der Waals surface area contributed by atoms with E-state index in [2.05, 4.69) is 24.2 Å². The van der Waals surface area contributed by atoms with Crippen LogP contribution in [-0.4, -0.2) is 39.9 Å². The Morgan fingerprint density at radius 3 is 2.44 bits per heavy atom. The van der Waals surface area contributed by atoms with Gasteiger partial charge in [-0.1, -0.05) is 29.4 Å². The van der Waals surface area contributed by atoms with E-state index in [1.54, 1.807) is 0 Å². The Morgan fingerprint density at radius 2 is 1.81 bits per heavy atom. The van der Waals surface area contributed by atoms with E-state index in [4.69, 9.17) is 14.0 Å². The van der Waals surface area contributed by atoms with Crippen LogP contribution in [0.2, 0.25) is 0 Å². The fraction of sp³-hybridized carbons (Fsp3) is 0.615. The second kappa shape index (κ2) is 8.22. The van der Waals surface area contributed by atoms with Crippen LogP contribution in [0, 0.1) is 6.92 Å². The van der Waals surface area contributed by atoms with Gasteiger partial charge in [-0.25, -0.2) is 4.79 Å². The number of benzene rings is 1. The average Bonchev–Trinajstić information content (AvgIpc) is 3.42. The Balaban J connectivity index is 1.29. The van der Waals surface area contributed by atoms with Crippen molar-refractivity contribution in [3.63, 3.8) is 0 Å². The van der Waals surface area contributed by atoms with Crippen LogP contribution >= 0.6 is 0 Å². The highest BCUT2D eigenvalue weighted by atomic mass is 16.6. The number of carbonyl (C=O) groups excluding carboxylic acids is 1. The fourth-order valence-electron chi connectivity index (χ4n) is 5.26. The van der Waals surface area contributed by atoms with Gasteiger partial charge in [0, 0.05) is 29.1 Å². The third-order valence-corrected chi connectivity index (χ3v) is 6.92. The summed E-state index contributed by atoms with van der Waals surface area (Å²) in [5.74, 6) is 1.47. The number of fused-ring (bicyclic) bond motifs is 2. The molecular formula is C26H34N2O4. The van der Waals surface area contributed by atoms with Gasteiger partial charge in [-0.2, -0.15) is 0 Å². The molecule has 6 heteroatoms. The molecule has 3 aliphatic rings. The van der Waals surface area contributed by atoms with Gasteiger partial charge >= 0.3 is 6.09 Å². The Kier molecular flexibility index (Phi) is 5.52. The maximum atomic E-state index is 12.7. The number of carbonyl (C=O) groups is 1. The Labute approximate surface area is 190 Å². The number of nitrogens with zero attached hydrogens (tertiary/aromatic N) is 2. The second-order valence-corrected chi connectivity index (χ2v) is 10.6. The number of piperidine rings is 1. The van der Waals surface area contributed by atoms with Crippen LogP contribution in [0.15, 0.2) is 28.8 Å². The van der Waals surface area contributed by atoms with Crippen molar-refractivity contribution < 1.29 is 18.8 Å². The van der Waals surface area contributed by atoms with Gasteiger partial charge in [0.25, 0.3) is 0 Å². The molecule has 1 amide bonds. The zero-order valence-electron chi connectivity index (χ0n) is 19.6. The number of aromatic nitrogens is 1. The van der Waals surface area contributed by atoms with Crippen LogP contribution < -0.4 is 0 Å². The van der Waals surface area contributed by atoms with Gasteiger partial charge in [-0.3, -0.25) is 0 Å². The summed E-state index contributed by atoms with van der Waals surface area (Å²) >= 11 is 0. The minimum absolute atomic E-state index is 0.137. The first kappa shape index (κ1) is 21.5. The van der Waals surface area contributed by atoms with E-state index in [0.29, 0.717) is 12.5 Å². The summed E-state index contributed by atoms with van der Waals surface area (Å²) in [7, 11) is 0. The summed E-state index contributed by atoms with van der Waals surface area (Å²) in [5, 5.41) is 4.46. The first-order chi connectivity index (χ1) is 15.3. The third kappa shape index (κ3) is 4.29. The lowest BCUT2D eigenvalue weighted by Gasteiger charge is -2.39. The summed E-state index contributed by atoms with van der Waals surface area (Å²) in [5.41, 5.74) is 3.85. The molecule has 32 heavy (non-hydrogen) atoms. The molecule has 1 saturated carbocycles. The van der Waals surface area contributed by atoms with E-state index in [-0.39, 0.29) is 24.3 Å². The third-order valence-electron chi connectivity index (χ3n) is 6.92. The first-order valence-corrected chi connectivity index (χ1v) is 12.0. The molecule has 2 saturated heterocycles. The molecule has 0 N–H and O–H groups in total. The van der Waals surface area contributed by atoms with Crippen molar-refractivity contribution in [3.05, 3.63) is 41.2 Å². The average molecular weight is 439 g/mol. The summed E-state index contributed by atoms with van der Waals surface area (Å²) in [4.78, 5) is 14.7. The summed E-state index contributed by atoms with van der Waals surface area (Å²) in [6, 6.07) is 8.71. The molecule has 1 aromatic carbocycles. The molecule has 5 rings (SSSR count). The minimum atomic E-state index is -0.469. The summed E-state index contributed by atoms with van der Waals surface area (Å²) < 4.78 is 18.0. The van der Waals surface area contributed by atoms with Crippen molar-refractivity contribution in [2.24, 2.45) is 0 Å². The lowest BCUT2D eigenvalue weighted by Crippen LogP contribution is -2.50. The molecule has 3 heterocycles. The SMILES string of the molecule is Cc1ccccc1-c1noc(C2CC2)c1COC1CC2CCC(C1)N2C(=O)OC(C)(C)C. The molecule has 3 fully saturated rings. The van der Waals surface area contributed by atoms with Gasteiger partial charge in [0.05, 0.1) is 12.7 Å². The van der Waals surface area contributed by atoms with E-state index in [9.17, 15) is 4.79 Å². The van der Waals surface area contributed by atoms with Crippen molar-refractivity contribution in [3.8, 4) is 11.3 Å². The fourth-order valence-corrected chi connectivity index (χ4v) is 5.26. The molecule has 2 aromatic rings. The number of amides is 1. The lowest BCUT2D eigenvalue weighted by atomic mass is 9.99. The van der Waals surface area contributed by atoms with Crippen molar-refractivity contribution in [1.82, 2.24) is 10.1 Å².